The summed E-state index contributed by atoms with van der Waals surface area (Å²) < 4.78 is 5.63. The molecule has 1 aromatic rings. The van der Waals surface area contributed by atoms with Crippen LogP contribution in [0.4, 0.5) is 0 Å². The van der Waals surface area contributed by atoms with E-state index in [9.17, 15) is 4.79 Å². The molecular weight excluding hydrogens is 260 g/mol. The van der Waals surface area contributed by atoms with E-state index in [0.29, 0.717) is 6.61 Å². The minimum atomic E-state index is -0.922. The molecule has 19 heavy (non-hydrogen) atoms. The maximum atomic E-state index is 10.5. The first-order chi connectivity index (χ1) is 9.24. The van der Waals surface area contributed by atoms with E-state index < -0.39 is 5.97 Å². The van der Waals surface area contributed by atoms with Crippen molar-refractivity contribution in [2.45, 2.75) is 45.6 Å². The van der Waals surface area contributed by atoms with Gasteiger partial charge in [-0.15, -0.1) is 11.3 Å². The summed E-state index contributed by atoms with van der Waals surface area (Å²) in [5.74, 6) is -0.922. The van der Waals surface area contributed by atoms with E-state index in [4.69, 9.17) is 9.84 Å². The first-order valence-electron chi connectivity index (χ1n) is 6.79. The molecule has 1 N–H and O–H groups in total. The SMILES string of the molecule is CCCCCCCOCc1sccc1C=CC(=O)O. The van der Waals surface area contributed by atoms with Gasteiger partial charge in [0.15, 0.2) is 0 Å². The Bertz CT molecular complexity index is 396. The van der Waals surface area contributed by atoms with Crippen molar-refractivity contribution in [2.75, 3.05) is 6.61 Å². The average Bonchev–Trinajstić information content (AvgIpc) is 2.83. The minimum absolute atomic E-state index is 0.574. The molecule has 0 aliphatic rings. The van der Waals surface area contributed by atoms with Gasteiger partial charge >= 0.3 is 5.97 Å². The molecule has 0 aliphatic carbocycles. The van der Waals surface area contributed by atoms with Crippen LogP contribution in [0.15, 0.2) is 17.5 Å². The molecular formula is C15H22O3S. The molecule has 0 atom stereocenters. The van der Waals surface area contributed by atoms with Crippen LogP contribution in [-0.4, -0.2) is 17.7 Å². The molecule has 106 valence electrons. The first-order valence-corrected chi connectivity index (χ1v) is 7.67. The highest BCUT2D eigenvalue weighted by Crippen LogP contribution is 2.19. The number of carboxylic acid groups (broad SMARTS) is 1. The largest absolute Gasteiger partial charge is 0.478 e. The summed E-state index contributed by atoms with van der Waals surface area (Å²) in [5.41, 5.74) is 0.943. The molecule has 1 rings (SSSR count). The smallest absolute Gasteiger partial charge is 0.328 e. The number of aliphatic carboxylic acids is 1. The fraction of sp³-hybridized carbons (Fsp3) is 0.533. The molecule has 0 unspecified atom stereocenters. The van der Waals surface area contributed by atoms with Gasteiger partial charge < -0.3 is 9.84 Å². The third-order valence-corrected chi connectivity index (χ3v) is 3.72. The van der Waals surface area contributed by atoms with E-state index in [1.54, 1.807) is 17.4 Å². The fourth-order valence-electron chi connectivity index (χ4n) is 1.75. The predicted molar refractivity (Wildman–Crippen MR) is 79.4 cm³/mol. The summed E-state index contributed by atoms with van der Waals surface area (Å²) in [6.07, 6.45) is 8.96. The fourth-order valence-corrected chi connectivity index (χ4v) is 2.55. The Morgan fingerprint density at radius 2 is 2.16 bits per heavy atom. The van der Waals surface area contributed by atoms with Crippen molar-refractivity contribution in [3.05, 3.63) is 28.0 Å². The van der Waals surface area contributed by atoms with Crippen molar-refractivity contribution in [1.29, 1.82) is 0 Å². The van der Waals surface area contributed by atoms with Crippen molar-refractivity contribution in [2.24, 2.45) is 0 Å². The van der Waals surface area contributed by atoms with Crippen LogP contribution in [0, 0.1) is 0 Å². The molecule has 0 aliphatic heterocycles. The normalized spacial score (nSPS) is 11.2. The van der Waals surface area contributed by atoms with Crippen molar-refractivity contribution < 1.29 is 14.6 Å². The molecule has 1 heterocycles. The maximum Gasteiger partial charge on any atom is 0.328 e. The Labute approximate surface area is 118 Å². The third kappa shape index (κ3) is 7.13. The Morgan fingerprint density at radius 1 is 1.37 bits per heavy atom. The summed E-state index contributed by atoms with van der Waals surface area (Å²) in [7, 11) is 0. The standard InChI is InChI=1S/C15H22O3S/c1-2-3-4-5-6-10-18-12-14-13(9-11-19-14)7-8-15(16)17/h7-9,11H,2-6,10,12H2,1H3,(H,16,17). The highest BCUT2D eigenvalue weighted by atomic mass is 32.1. The van der Waals surface area contributed by atoms with Crippen molar-refractivity contribution >= 4 is 23.4 Å². The molecule has 0 aromatic carbocycles. The number of rotatable bonds is 10. The average molecular weight is 282 g/mol. The highest BCUT2D eigenvalue weighted by molar-refractivity contribution is 7.10. The van der Waals surface area contributed by atoms with E-state index >= 15 is 0 Å². The molecule has 0 fully saturated rings. The highest BCUT2D eigenvalue weighted by Gasteiger charge is 2.02. The molecule has 0 radical (unpaired) electrons. The quantitative estimate of drug-likeness (QED) is 0.513. The van der Waals surface area contributed by atoms with Gasteiger partial charge in [-0.3, -0.25) is 0 Å². The lowest BCUT2D eigenvalue weighted by atomic mass is 10.2. The van der Waals surface area contributed by atoms with E-state index in [-0.39, 0.29) is 0 Å². The second kappa shape index (κ2) is 9.75. The minimum Gasteiger partial charge on any atom is -0.478 e. The van der Waals surface area contributed by atoms with Crippen LogP contribution in [0.25, 0.3) is 6.08 Å². The van der Waals surface area contributed by atoms with Crippen molar-refractivity contribution in [3.8, 4) is 0 Å². The number of thiophene rings is 1. The van der Waals surface area contributed by atoms with Gasteiger partial charge in [-0.2, -0.15) is 0 Å². The van der Waals surface area contributed by atoms with Crippen LogP contribution in [0.1, 0.15) is 49.5 Å². The summed E-state index contributed by atoms with van der Waals surface area (Å²) in [5, 5.41) is 10.6. The summed E-state index contributed by atoms with van der Waals surface area (Å²) in [6.45, 7) is 3.56. The lowest BCUT2D eigenvalue weighted by Gasteiger charge is -2.03. The lowest BCUT2D eigenvalue weighted by Crippen LogP contribution is -1.95. The summed E-state index contributed by atoms with van der Waals surface area (Å²) >= 11 is 1.60. The maximum absolute atomic E-state index is 10.5. The zero-order chi connectivity index (χ0) is 13.9. The number of carboxylic acids is 1. The molecule has 0 bridgehead atoms. The van der Waals surface area contributed by atoms with Gasteiger partial charge in [0.25, 0.3) is 0 Å². The zero-order valence-electron chi connectivity index (χ0n) is 11.4. The van der Waals surface area contributed by atoms with Gasteiger partial charge in [-0.25, -0.2) is 4.79 Å². The third-order valence-electron chi connectivity index (χ3n) is 2.81. The Kier molecular flexibility index (Phi) is 8.18. The molecule has 0 amide bonds. The van der Waals surface area contributed by atoms with E-state index in [1.807, 2.05) is 11.4 Å². The van der Waals surface area contributed by atoms with Crippen LogP contribution in [0.2, 0.25) is 0 Å². The summed E-state index contributed by atoms with van der Waals surface area (Å²) in [4.78, 5) is 11.6. The van der Waals surface area contributed by atoms with E-state index in [0.717, 1.165) is 29.5 Å². The number of unbranched alkanes of at least 4 members (excludes halogenated alkanes) is 4. The van der Waals surface area contributed by atoms with Gasteiger partial charge in [0.1, 0.15) is 0 Å². The van der Waals surface area contributed by atoms with Crippen LogP contribution in [0.3, 0.4) is 0 Å². The van der Waals surface area contributed by atoms with Gasteiger partial charge in [0, 0.05) is 17.6 Å². The number of hydrogen-bond acceptors (Lipinski definition) is 3. The van der Waals surface area contributed by atoms with E-state index in [2.05, 4.69) is 6.92 Å². The second-order valence-electron chi connectivity index (χ2n) is 4.44. The zero-order valence-corrected chi connectivity index (χ0v) is 12.2. The van der Waals surface area contributed by atoms with Gasteiger partial charge in [0.2, 0.25) is 0 Å². The molecule has 0 saturated carbocycles. The van der Waals surface area contributed by atoms with E-state index in [1.165, 1.54) is 25.7 Å². The Balaban J connectivity index is 2.22. The van der Waals surface area contributed by atoms with Crippen molar-refractivity contribution in [1.82, 2.24) is 0 Å². The summed E-state index contributed by atoms with van der Waals surface area (Å²) in [6, 6.07) is 1.92. The number of carbonyl (C=O) groups is 1. The van der Waals surface area contributed by atoms with Crippen LogP contribution in [-0.2, 0) is 16.1 Å². The van der Waals surface area contributed by atoms with Crippen molar-refractivity contribution in [3.63, 3.8) is 0 Å². The molecule has 1 aromatic heterocycles. The predicted octanol–water partition coefficient (Wildman–Crippen LogP) is 4.33. The topological polar surface area (TPSA) is 46.5 Å². The lowest BCUT2D eigenvalue weighted by molar-refractivity contribution is -0.131. The second-order valence-corrected chi connectivity index (χ2v) is 5.44. The Morgan fingerprint density at radius 3 is 2.89 bits per heavy atom. The molecule has 3 nitrogen and oxygen atoms in total. The van der Waals surface area contributed by atoms with Crippen LogP contribution < -0.4 is 0 Å². The van der Waals surface area contributed by atoms with Gasteiger partial charge in [-0.1, -0.05) is 32.6 Å². The molecule has 0 saturated heterocycles. The van der Waals surface area contributed by atoms with Gasteiger partial charge in [-0.05, 0) is 29.5 Å². The monoisotopic (exact) mass is 282 g/mol. The molecule has 0 spiro atoms. The van der Waals surface area contributed by atoms with Crippen LogP contribution in [0.5, 0.6) is 0 Å². The van der Waals surface area contributed by atoms with Gasteiger partial charge in [0.05, 0.1) is 6.61 Å². The number of ether oxygens (including phenoxy) is 1. The van der Waals surface area contributed by atoms with Crippen LogP contribution >= 0.6 is 11.3 Å². The number of hydrogen-bond donors (Lipinski definition) is 1. The Hall–Kier alpha value is -1.13. The molecule has 4 heteroatoms. The first kappa shape index (κ1) is 15.9.